The number of hydrogen-bond acceptors (Lipinski definition) is 6. The summed E-state index contributed by atoms with van der Waals surface area (Å²) in [7, 11) is -2.94. The van der Waals surface area contributed by atoms with Crippen molar-refractivity contribution in [3.8, 4) is 0 Å². The average molecular weight is 360 g/mol. The van der Waals surface area contributed by atoms with E-state index in [4.69, 9.17) is 0 Å². The number of sulfone groups is 1. The first kappa shape index (κ1) is 17.7. The number of hydrogen-bond donors (Lipinski definition) is 1. The minimum absolute atomic E-state index is 0.0446. The summed E-state index contributed by atoms with van der Waals surface area (Å²) in [6.07, 6.45) is 2.35. The second-order valence-corrected chi connectivity index (χ2v) is 8.59. The lowest BCUT2D eigenvalue weighted by Crippen LogP contribution is -2.37. The molecule has 2 unspecified atom stereocenters. The fourth-order valence-corrected chi connectivity index (χ4v) is 4.93. The molecule has 0 aliphatic carbocycles. The fourth-order valence-electron chi connectivity index (χ4n) is 3.20. The number of anilines is 2. The standard InChI is InChI=1S/C18H24N4O2S/c1-3-22(16-10-12-25(23,24)13-16)18-19-11-9-17(21-18)20-14(2)15-7-5-4-6-8-15/h4-9,11,14,16H,3,10,12-13H2,1-2H3,(H,19,20,21). The van der Waals surface area contributed by atoms with Crippen LogP contribution in [0, 0.1) is 0 Å². The second-order valence-electron chi connectivity index (χ2n) is 6.36. The van der Waals surface area contributed by atoms with Gasteiger partial charge in [0.25, 0.3) is 0 Å². The zero-order valence-electron chi connectivity index (χ0n) is 14.6. The number of nitrogens with one attached hydrogen (secondary N) is 1. The van der Waals surface area contributed by atoms with E-state index < -0.39 is 9.84 Å². The maximum atomic E-state index is 11.8. The van der Waals surface area contributed by atoms with Crippen molar-refractivity contribution in [3.05, 3.63) is 48.2 Å². The normalized spacial score (nSPS) is 20.2. The smallest absolute Gasteiger partial charge is 0.227 e. The van der Waals surface area contributed by atoms with Gasteiger partial charge in [-0.25, -0.2) is 13.4 Å². The van der Waals surface area contributed by atoms with Crippen LogP contribution < -0.4 is 10.2 Å². The van der Waals surface area contributed by atoms with Gasteiger partial charge in [0, 0.05) is 24.8 Å². The molecule has 2 atom stereocenters. The molecule has 25 heavy (non-hydrogen) atoms. The van der Waals surface area contributed by atoms with Gasteiger partial charge in [0.2, 0.25) is 5.95 Å². The first-order valence-corrected chi connectivity index (χ1v) is 10.4. The van der Waals surface area contributed by atoms with Crippen molar-refractivity contribution in [1.29, 1.82) is 0 Å². The van der Waals surface area contributed by atoms with Gasteiger partial charge in [-0.2, -0.15) is 4.98 Å². The molecule has 0 radical (unpaired) electrons. The van der Waals surface area contributed by atoms with Gasteiger partial charge in [-0.1, -0.05) is 30.3 Å². The van der Waals surface area contributed by atoms with Crippen LogP contribution >= 0.6 is 0 Å². The van der Waals surface area contributed by atoms with Gasteiger partial charge in [0.1, 0.15) is 5.82 Å². The SMILES string of the molecule is CCN(c1nccc(NC(C)c2ccccc2)n1)C1CCS(=O)(=O)C1. The highest BCUT2D eigenvalue weighted by Gasteiger charge is 2.32. The summed E-state index contributed by atoms with van der Waals surface area (Å²) >= 11 is 0. The third-order valence-electron chi connectivity index (χ3n) is 4.55. The van der Waals surface area contributed by atoms with Crippen LogP contribution in [0.25, 0.3) is 0 Å². The van der Waals surface area contributed by atoms with Crippen LogP contribution in [0.4, 0.5) is 11.8 Å². The van der Waals surface area contributed by atoms with Crippen LogP contribution in [-0.2, 0) is 9.84 Å². The highest BCUT2D eigenvalue weighted by Crippen LogP contribution is 2.23. The molecule has 7 heteroatoms. The highest BCUT2D eigenvalue weighted by atomic mass is 32.2. The van der Waals surface area contributed by atoms with E-state index in [1.807, 2.05) is 36.1 Å². The number of nitrogens with zero attached hydrogens (tertiary/aromatic N) is 3. The average Bonchev–Trinajstić information content (AvgIpc) is 2.96. The summed E-state index contributed by atoms with van der Waals surface area (Å²) in [4.78, 5) is 11.0. The van der Waals surface area contributed by atoms with E-state index in [2.05, 4.69) is 34.3 Å². The first-order valence-electron chi connectivity index (χ1n) is 8.60. The second kappa shape index (κ2) is 7.39. The van der Waals surface area contributed by atoms with Crippen LogP contribution in [0.2, 0.25) is 0 Å². The zero-order valence-corrected chi connectivity index (χ0v) is 15.4. The maximum absolute atomic E-state index is 11.8. The van der Waals surface area contributed by atoms with Crippen LogP contribution in [0.3, 0.4) is 0 Å². The summed E-state index contributed by atoms with van der Waals surface area (Å²) < 4.78 is 23.6. The Morgan fingerprint density at radius 1 is 1.28 bits per heavy atom. The Morgan fingerprint density at radius 3 is 2.68 bits per heavy atom. The highest BCUT2D eigenvalue weighted by molar-refractivity contribution is 7.91. The van der Waals surface area contributed by atoms with Gasteiger partial charge in [0.05, 0.1) is 11.5 Å². The molecule has 0 spiro atoms. The molecular formula is C18H24N4O2S. The third-order valence-corrected chi connectivity index (χ3v) is 6.30. The van der Waals surface area contributed by atoms with Crippen LogP contribution in [0.15, 0.2) is 42.6 Å². The summed E-state index contributed by atoms with van der Waals surface area (Å²) in [5.74, 6) is 1.75. The van der Waals surface area contributed by atoms with Gasteiger partial charge >= 0.3 is 0 Å². The van der Waals surface area contributed by atoms with Gasteiger partial charge in [-0.15, -0.1) is 0 Å². The van der Waals surface area contributed by atoms with E-state index in [1.54, 1.807) is 6.20 Å². The Labute approximate surface area is 149 Å². The Hall–Kier alpha value is -2.15. The topological polar surface area (TPSA) is 75.2 Å². The number of rotatable bonds is 6. The molecule has 1 aliphatic rings. The molecule has 1 saturated heterocycles. The van der Waals surface area contributed by atoms with E-state index in [-0.39, 0.29) is 23.6 Å². The van der Waals surface area contributed by atoms with Crippen LogP contribution in [-0.4, -0.2) is 42.5 Å². The zero-order chi connectivity index (χ0) is 17.9. The van der Waals surface area contributed by atoms with Crippen molar-refractivity contribution < 1.29 is 8.42 Å². The largest absolute Gasteiger partial charge is 0.363 e. The van der Waals surface area contributed by atoms with Gasteiger partial charge in [-0.3, -0.25) is 0 Å². The summed E-state index contributed by atoms with van der Waals surface area (Å²) in [6.45, 7) is 4.76. The van der Waals surface area contributed by atoms with Gasteiger partial charge in [0.15, 0.2) is 9.84 Å². The minimum atomic E-state index is -2.94. The molecule has 0 amide bonds. The lowest BCUT2D eigenvalue weighted by Gasteiger charge is -2.27. The molecule has 1 fully saturated rings. The molecule has 0 saturated carbocycles. The van der Waals surface area contributed by atoms with Crippen molar-refractivity contribution in [1.82, 2.24) is 9.97 Å². The Bertz CT molecular complexity index is 811. The van der Waals surface area contributed by atoms with E-state index in [9.17, 15) is 8.42 Å². The van der Waals surface area contributed by atoms with Gasteiger partial charge in [-0.05, 0) is 31.9 Å². The minimum Gasteiger partial charge on any atom is -0.363 e. The van der Waals surface area contributed by atoms with E-state index >= 15 is 0 Å². The molecule has 3 rings (SSSR count). The fraction of sp³-hybridized carbons (Fsp3) is 0.444. The van der Waals surface area contributed by atoms with Crippen molar-refractivity contribution in [2.75, 3.05) is 28.3 Å². The summed E-state index contributed by atoms with van der Waals surface area (Å²) in [5.41, 5.74) is 1.18. The molecule has 0 bridgehead atoms. The molecule has 134 valence electrons. The number of benzene rings is 1. The predicted molar refractivity (Wildman–Crippen MR) is 101 cm³/mol. The van der Waals surface area contributed by atoms with Crippen LogP contribution in [0.1, 0.15) is 31.9 Å². The van der Waals surface area contributed by atoms with E-state index in [1.165, 1.54) is 5.56 Å². The molecule has 2 aromatic rings. The Morgan fingerprint density at radius 2 is 2.04 bits per heavy atom. The molecule has 1 N–H and O–H groups in total. The summed E-state index contributed by atoms with van der Waals surface area (Å²) in [6, 6.07) is 12.1. The quantitative estimate of drug-likeness (QED) is 0.854. The maximum Gasteiger partial charge on any atom is 0.227 e. The van der Waals surface area contributed by atoms with Crippen molar-refractivity contribution in [3.63, 3.8) is 0 Å². The molecule has 1 aromatic heterocycles. The van der Waals surface area contributed by atoms with E-state index in [0.717, 1.165) is 5.82 Å². The molecule has 2 heterocycles. The molecule has 1 aromatic carbocycles. The predicted octanol–water partition coefficient (Wildman–Crippen LogP) is 2.66. The number of aromatic nitrogens is 2. The van der Waals surface area contributed by atoms with Crippen molar-refractivity contribution >= 4 is 21.6 Å². The molecule has 6 nitrogen and oxygen atoms in total. The lowest BCUT2D eigenvalue weighted by atomic mass is 10.1. The van der Waals surface area contributed by atoms with Crippen LogP contribution in [0.5, 0.6) is 0 Å². The monoisotopic (exact) mass is 360 g/mol. The summed E-state index contributed by atoms with van der Waals surface area (Å²) in [5, 5.41) is 3.39. The lowest BCUT2D eigenvalue weighted by molar-refractivity contribution is 0.599. The van der Waals surface area contributed by atoms with Crippen molar-refractivity contribution in [2.45, 2.75) is 32.4 Å². The first-order chi connectivity index (χ1) is 12.0. The van der Waals surface area contributed by atoms with E-state index in [0.29, 0.717) is 18.9 Å². The van der Waals surface area contributed by atoms with Gasteiger partial charge < -0.3 is 10.2 Å². The molecular weight excluding hydrogens is 336 g/mol. The molecule has 1 aliphatic heterocycles. The third kappa shape index (κ3) is 4.28. The Balaban J connectivity index is 1.76. The Kier molecular flexibility index (Phi) is 5.22. The van der Waals surface area contributed by atoms with Crippen molar-refractivity contribution in [2.24, 2.45) is 0 Å².